The molecule has 24 heavy (non-hydrogen) atoms. The molecule has 3 aromatic rings. The van der Waals surface area contributed by atoms with Crippen molar-refractivity contribution in [3.63, 3.8) is 0 Å². The summed E-state index contributed by atoms with van der Waals surface area (Å²) in [5.41, 5.74) is 3.01. The molecule has 0 radical (unpaired) electrons. The summed E-state index contributed by atoms with van der Waals surface area (Å²) in [5.74, 6) is -0.197. The summed E-state index contributed by atoms with van der Waals surface area (Å²) in [6.07, 6.45) is 1.66. The van der Waals surface area contributed by atoms with E-state index in [-0.39, 0.29) is 5.91 Å². The van der Waals surface area contributed by atoms with Crippen molar-refractivity contribution in [3.8, 4) is 0 Å². The van der Waals surface area contributed by atoms with Crippen LogP contribution in [-0.4, -0.2) is 29.9 Å². The monoisotopic (exact) mass is 339 g/mol. The van der Waals surface area contributed by atoms with Crippen LogP contribution in [0.1, 0.15) is 15.9 Å². The van der Waals surface area contributed by atoms with Crippen molar-refractivity contribution in [2.45, 2.75) is 6.54 Å². The van der Waals surface area contributed by atoms with Crippen LogP contribution in [0.25, 0.3) is 10.9 Å². The number of hydrogen-bond donors (Lipinski definition) is 1. The maximum absolute atomic E-state index is 12.7. The van der Waals surface area contributed by atoms with Gasteiger partial charge in [0.2, 0.25) is 0 Å². The van der Waals surface area contributed by atoms with Gasteiger partial charge in [0.15, 0.2) is 0 Å². The number of nitrogens with one attached hydrogen (secondary N) is 1. The molecule has 4 nitrogen and oxygen atoms in total. The van der Waals surface area contributed by atoms with Crippen molar-refractivity contribution in [2.24, 2.45) is 0 Å². The number of amides is 1. The summed E-state index contributed by atoms with van der Waals surface area (Å²) < 4.78 is 0. The van der Waals surface area contributed by atoms with Crippen molar-refractivity contribution in [3.05, 3.63) is 70.9 Å². The molecular formula is C19H18ClN3O. The number of anilines is 1. The van der Waals surface area contributed by atoms with Gasteiger partial charge in [-0.3, -0.25) is 9.78 Å². The lowest BCUT2D eigenvalue weighted by molar-refractivity contribution is 0.102. The number of pyridine rings is 1. The Balaban J connectivity index is 1.90. The first-order valence-corrected chi connectivity index (χ1v) is 8.00. The van der Waals surface area contributed by atoms with Crippen molar-refractivity contribution < 1.29 is 4.79 Å². The van der Waals surface area contributed by atoms with Gasteiger partial charge >= 0.3 is 0 Å². The minimum absolute atomic E-state index is 0.197. The molecule has 0 saturated heterocycles. The van der Waals surface area contributed by atoms with Gasteiger partial charge in [-0.05, 0) is 56.1 Å². The number of nitrogens with zero attached hydrogens (tertiary/aromatic N) is 2. The molecule has 1 aromatic heterocycles. The fourth-order valence-corrected chi connectivity index (χ4v) is 2.85. The first-order chi connectivity index (χ1) is 11.5. The maximum Gasteiger partial charge on any atom is 0.257 e. The van der Waals surface area contributed by atoms with Crippen LogP contribution in [0.15, 0.2) is 54.7 Å². The Morgan fingerprint density at radius 3 is 2.79 bits per heavy atom. The Kier molecular flexibility index (Phi) is 4.79. The fourth-order valence-electron chi connectivity index (χ4n) is 2.63. The molecule has 0 aliphatic rings. The summed E-state index contributed by atoms with van der Waals surface area (Å²) in [6.45, 7) is 0.815. The van der Waals surface area contributed by atoms with Crippen LogP contribution in [0.4, 0.5) is 5.69 Å². The maximum atomic E-state index is 12.7. The molecule has 2 aromatic carbocycles. The zero-order chi connectivity index (χ0) is 17.1. The molecule has 0 unspecified atom stereocenters. The van der Waals surface area contributed by atoms with Gasteiger partial charge in [0.25, 0.3) is 5.91 Å². The Labute approximate surface area is 146 Å². The van der Waals surface area contributed by atoms with Gasteiger partial charge < -0.3 is 10.2 Å². The van der Waals surface area contributed by atoms with E-state index in [0.717, 1.165) is 23.2 Å². The van der Waals surface area contributed by atoms with Crippen LogP contribution in [0.5, 0.6) is 0 Å². The standard InChI is InChI=1S/C19H18ClN3O/c1-23(2)12-13-5-3-6-14(11-13)22-19(24)16-8-9-17(20)15-7-4-10-21-18(15)16/h3-11H,12H2,1-2H3,(H,22,24). The summed E-state index contributed by atoms with van der Waals surface area (Å²) >= 11 is 6.19. The highest BCUT2D eigenvalue weighted by Crippen LogP contribution is 2.25. The number of benzene rings is 2. The van der Waals surface area contributed by atoms with Crippen LogP contribution >= 0.6 is 11.6 Å². The molecule has 0 aliphatic heterocycles. The van der Waals surface area contributed by atoms with Crippen molar-refractivity contribution >= 4 is 34.1 Å². The van der Waals surface area contributed by atoms with E-state index in [4.69, 9.17) is 11.6 Å². The summed E-state index contributed by atoms with van der Waals surface area (Å²) in [7, 11) is 4.02. The molecule has 1 N–H and O–H groups in total. The van der Waals surface area contributed by atoms with E-state index in [1.807, 2.05) is 44.4 Å². The summed E-state index contributed by atoms with van der Waals surface area (Å²) in [6, 6.07) is 14.9. The zero-order valence-electron chi connectivity index (χ0n) is 13.6. The molecule has 0 fully saturated rings. The number of halogens is 1. The summed E-state index contributed by atoms with van der Waals surface area (Å²) in [5, 5.41) is 4.30. The fraction of sp³-hybridized carbons (Fsp3) is 0.158. The molecule has 1 amide bonds. The number of rotatable bonds is 4. The second kappa shape index (κ2) is 6.99. The lowest BCUT2D eigenvalue weighted by Gasteiger charge is -2.12. The minimum atomic E-state index is -0.197. The Morgan fingerprint density at radius 1 is 1.17 bits per heavy atom. The van der Waals surface area contributed by atoms with Crippen LogP contribution in [0, 0.1) is 0 Å². The second-order valence-electron chi connectivity index (χ2n) is 5.89. The lowest BCUT2D eigenvalue weighted by atomic mass is 10.1. The molecule has 0 spiro atoms. The predicted octanol–water partition coefficient (Wildman–Crippen LogP) is 4.20. The minimum Gasteiger partial charge on any atom is -0.322 e. The zero-order valence-corrected chi connectivity index (χ0v) is 14.3. The number of aromatic nitrogens is 1. The number of fused-ring (bicyclic) bond motifs is 1. The van der Waals surface area contributed by atoms with Gasteiger partial charge in [0.05, 0.1) is 16.1 Å². The molecule has 3 rings (SSSR count). The summed E-state index contributed by atoms with van der Waals surface area (Å²) in [4.78, 5) is 19.1. The van der Waals surface area contributed by atoms with E-state index in [2.05, 4.69) is 15.2 Å². The van der Waals surface area contributed by atoms with E-state index < -0.39 is 0 Å². The Hall–Kier alpha value is -2.43. The van der Waals surface area contributed by atoms with Crippen molar-refractivity contribution in [1.82, 2.24) is 9.88 Å². The Morgan fingerprint density at radius 2 is 2.00 bits per heavy atom. The van der Waals surface area contributed by atoms with Crippen LogP contribution in [0.2, 0.25) is 5.02 Å². The predicted molar refractivity (Wildman–Crippen MR) is 98.5 cm³/mol. The molecular weight excluding hydrogens is 322 g/mol. The first-order valence-electron chi connectivity index (χ1n) is 7.63. The average molecular weight is 340 g/mol. The lowest BCUT2D eigenvalue weighted by Crippen LogP contribution is -2.14. The van der Waals surface area contributed by atoms with Gasteiger partial charge in [-0.1, -0.05) is 23.7 Å². The first kappa shape index (κ1) is 16.4. The van der Waals surface area contributed by atoms with Crippen LogP contribution in [0.3, 0.4) is 0 Å². The van der Waals surface area contributed by atoms with E-state index in [9.17, 15) is 4.79 Å². The highest BCUT2D eigenvalue weighted by atomic mass is 35.5. The molecule has 5 heteroatoms. The average Bonchev–Trinajstić information content (AvgIpc) is 2.55. The van der Waals surface area contributed by atoms with Gasteiger partial charge in [-0.25, -0.2) is 0 Å². The van der Waals surface area contributed by atoms with E-state index in [1.54, 1.807) is 24.4 Å². The largest absolute Gasteiger partial charge is 0.322 e. The molecule has 0 aliphatic carbocycles. The van der Waals surface area contributed by atoms with Gasteiger partial charge in [0.1, 0.15) is 0 Å². The van der Waals surface area contributed by atoms with Crippen LogP contribution < -0.4 is 5.32 Å². The van der Waals surface area contributed by atoms with Crippen molar-refractivity contribution in [1.29, 1.82) is 0 Å². The van der Waals surface area contributed by atoms with E-state index in [0.29, 0.717) is 16.1 Å². The molecule has 1 heterocycles. The topological polar surface area (TPSA) is 45.2 Å². The van der Waals surface area contributed by atoms with Crippen molar-refractivity contribution in [2.75, 3.05) is 19.4 Å². The number of carbonyl (C=O) groups excluding carboxylic acids is 1. The molecule has 0 bridgehead atoms. The third kappa shape index (κ3) is 3.55. The number of hydrogen-bond acceptors (Lipinski definition) is 3. The highest BCUT2D eigenvalue weighted by Gasteiger charge is 2.13. The van der Waals surface area contributed by atoms with Gasteiger partial charge in [-0.15, -0.1) is 0 Å². The molecule has 0 saturated carbocycles. The quantitative estimate of drug-likeness (QED) is 0.774. The second-order valence-corrected chi connectivity index (χ2v) is 6.29. The van der Waals surface area contributed by atoms with E-state index >= 15 is 0 Å². The van der Waals surface area contributed by atoms with Gasteiger partial charge in [-0.2, -0.15) is 0 Å². The number of carbonyl (C=O) groups is 1. The highest BCUT2D eigenvalue weighted by molar-refractivity contribution is 6.36. The third-order valence-corrected chi connectivity index (χ3v) is 3.97. The normalized spacial score (nSPS) is 11.0. The van der Waals surface area contributed by atoms with Crippen LogP contribution in [-0.2, 0) is 6.54 Å². The van der Waals surface area contributed by atoms with E-state index in [1.165, 1.54) is 0 Å². The van der Waals surface area contributed by atoms with Gasteiger partial charge in [0, 0.05) is 23.8 Å². The SMILES string of the molecule is CN(C)Cc1cccc(NC(=O)c2ccc(Cl)c3cccnc23)c1. The molecule has 122 valence electrons. The smallest absolute Gasteiger partial charge is 0.257 e. The Bertz CT molecular complexity index is 893. The third-order valence-electron chi connectivity index (χ3n) is 3.64. The molecule has 0 atom stereocenters.